The molecule has 0 aliphatic carbocycles. The first-order valence-corrected chi connectivity index (χ1v) is 10.6. The van der Waals surface area contributed by atoms with Crippen LogP contribution in [-0.2, 0) is 20.0 Å². The molecule has 0 saturated carbocycles. The number of anilines is 2. The SMILES string of the molecule is O=C(Nc1ccc(N2S(=O)(=O)c3ccccc3S2(=O)=O)cc1F)c1ccco1. The quantitative estimate of drug-likeness (QED) is 0.694. The number of hydrogen-bond donors (Lipinski definition) is 1. The average molecular weight is 422 g/mol. The number of nitrogens with zero attached hydrogens (tertiary/aromatic N) is 1. The van der Waals surface area contributed by atoms with E-state index in [0.717, 1.165) is 30.3 Å². The molecule has 2 heterocycles. The van der Waals surface area contributed by atoms with Crippen molar-refractivity contribution in [3.63, 3.8) is 0 Å². The molecule has 11 heteroatoms. The molecule has 0 fully saturated rings. The molecule has 0 spiro atoms. The fraction of sp³-hybridized carbons (Fsp3) is 0. The maximum atomic E-state index is 14.5. The predicted octanol–water partition coefficient (Wildman–Crippen LogP) is 2.57. The molecule has 0 unspecified atom stereocenters. The summed E-state index contributed by atoms with van der Waals surface area (Å²) in [7, 11) is -8.84. The largest absolute Gasteiger partial charge is 0.459 e. The summed E-state index contributed by atoms with van der Waals surface area (Å²) in [4.78, 5) is 11.2. The highest BCUT2D eigenvalue weighted by Crippen LogP contribution is 2.40. The highest BCUT2D eigenvalue weighted by Gasteiger charge is 2.47. The van der Waals surface area contributed by atoms with Crippen molar-refractivity contribution in [2.24, 2.45) is 0 Å². The van der Waals surface area contributed by atoms with Crippen LogP contribution in [-0.4, -0.2) is 22.7 Å². The van der Waals surface area contributed by atoms with Gasteiger partial charge >= 0.3 is 0 Å². The zero-order chi connectivity index (χ0) is 20.1. The van der Waals surface area contributed by atoms with E-state index in [1.807, 2.05) is 0 Å². The first kappa shape index (κ1) is 18.2. The van der Waals surface area contributed by atoms with Crippen molar-refractivity contribution in [3.05, 3.63) is 72.4 Å². The van der Waals surface area contributed by atoms with E-state index in [1.54, 1.807) is 0 Å². The molecule has 0 radical (unpaired) electrons. The van der Waals surface area contributed by atoms with E-state index in [1.165, 1.54) is 30.5 Å². The second-order valence-corrected chi connectivity index (χ2v) is 9.49. The second-order valence-electron chi connectivity index (χ2n) is 5.75. The van der Waals surface area contributed by atoms with Gasteiger partial charge < -0.3 is 9.73 Å². The predicted molar refractivity (Wildman–Crippen MR) is 96.4 cm³/mol. The Morgan fingerprint density at radius 3 is 2.11 bits per heavy atom. The fourth-order valence-electron chi connectivity index (χ4n) is 2.77. The lowest BCUT2D eigenvalue weighted by Crippen LogP contribution is -2.30. The van der Waals surface area contributed by atoms with Crippen LogP contribution in [0.4, 0.5) is 15.8 Å². The summed E-state index contributed by atoms with van der Waals surface area (Å²) in [6, 6.07) is 10.8. The molecular formula is C17H11FN2O6S2. The summed E-state index contributed by atoms with van der Waals surface area (Å²) in [5.41, 5.74) is -0.679. The van der Waals surface area contributed by atoms with Crippen molar-refractivity contribution >= 4 is 37.3 Å². The minimum atomic E-state index is -4.42. The van der Waals surface area contributed by atoms with E-state index in [2.05, 4.69) is 5.32 Å². The van der Waals surface area contributed by atoms with Gasteiger partial charge in [0.15, 0.2) is 5.76 Å². The summed E-state index contributed by atoms with van der Waals surface area (Å²) in [5.74, 6) is -1.78. The van der Waals surface area contributed by atoms with Gasteiger partial charge in [0.25, 0.3) is 26.0 Å². The number of hydrogen-bond acceptors (Lipinski definition) is 6. The van der Waals surface area contributed by atoms with Gasteiger partial charge in [-0.2, -0.15) is 20.5 Å². The number of amides is 1. The van der Waals surface area contributed by atoms with Crippen LogP contribution < -0.4 is 9.03 Å². The Morgan fingerprint density at radius 1 is 0.929 bits per heavy atom. The molecule has 8 nitrogen and oxygen atoms in total. The van der Waals surface area contributed by atoms with Gasteiger partial charge in [0, 0.05) is 6.07 Å². The maximum Gasteiger partial charge on any atom is 0.291 e. The Hall–Kier alpha value is -3.18. The number of rotatable bonds is 3. The van der Waals surface area contributed by atoms with Gasteiger partial charge in [-0.1, -0.05) is 12.1 Å². The topological polar surface area (TPSA) is 114 Å². The lowest BCUT2D eigenvalue weighted by Gasteiger charge is -2.17. The number of benzene rings is 2. The van der Waals surface area contributed by atoms with E-state index >= 15 is 0 Å². The van der Waals surface area contributed by atoms with Crippen molar-refractivity contribution in [1.82, 2.24) is 0 Å². The van der Waals surface area contributed by atoms with Crippen molar-refractivity contribution in [3.8, 4) is 0 Å². The van der Waals surface area contributed by atoms with Crippen molar-refractivity contribution in [2.45, 2.75) is 9.79 Å². The number of sulfonamides is 2. The Bertz CT molecular complexity index is 1250. The summed E-state index contributed by atoms with van der Waals surface area (Å²) in [5, 5.41) is 2.26. The van der Waals surface area contributed by atoms with Crippen LogP contribution in [0.2, 0.25) is 0 Å². The molecule has 1 amide bonds. The molecule has 28 heavy (non-hydrogen) atoms. The molecule has 1 aliphatic rings. The van der Waals surface area contributed by atoms with Crippen molar-refractivity contribution in [1.29, 1.82) is 0 Å². The van der Waals surface area contributed by atoms with E-state index in [-0.39, 0.29) is 24.9 Å². The molecule has 0 saturated heterocycles. The standard InChI is InChI=1S/C17H11FN2O6S2/c18-12-10-11(7-8-13(12)19-17(21)14-4-3-9-26-14)20-27(22,23)15-5-1-2-6-16(15)28(20,24)25/h1-10H,(H,19,21). The number of halogens is 1. The highest BCUT2D eigenvalue weighted by atomic mass is 32.3. The number of furan rings is 1. The Balaban J connectivity index is 1.73. The minimum absolute atomic E-state index is 0.0522. The van der Waals surface area contributed by atoms with E-state index in [4.69, 9.17) is 4.42 Å². The number of fused-ring (bicyclic) bond motifs is 1. The highest BCUT2D eigenvalue weighted by molar-refractivity contribution is 8.12. The molecule has 1 aliphatic heterocycles. The van der Waals surface area contributed by atoms with Gasteiger partial charge in [0.1, 0.15) is 15.6 Å². The second kappa shape index (κ2) is 6.17. The summed E-state index contributed by atoms with van der Waals surface area (Å²) in [6.07, 6.45) is 1.27. The van der Waals surface area contributed by atoms with Crippen LogP contribution in [0.25, 0.3) is 0 Å². The van der Waals surface area contributed by atoms with E-state index < -0.39 is 37.5 Å². The van der Waals surface area contributed by atoms with Crippen LogP contribution in [0.15, 0.2) is 75.1 Å². The van der Waals surface area contributed by atoms with Crippen molar-refractivity contribution < 1.29 is 30.4 Å². The monoisotopic (exact) mass is 422 g/mol. The smallest absolute Gasteiger partial charge is 0.291 e. The molecule has 0 atom stereocenters. The van der Waals surface area contributed by atoms with Crippen LogP contribution >= 0.6 is 0 Å². The Kier molecular flexibility index (Phi) is 4.01. The fourth-order valence-corrected chi connectivity index (χ4v) is 7.20. The molecule has 0 bridgehead atoms. The number of carbonyl (C=O) groups is 1. The van der Waals surface area contributed by atoms with Crippen molar-refractivity contribution in [2.75, 3.05) is 9.03 Å². The first-order chi connectivity index (χ1) is 13.2. The van der Waals surface area contributed by atoms with E-state index in [0.29, 0.717) is 0 Å². The lowest BCUT2D eigenvalue weighted by molar-refractivity contribution is 0.0996. The summed E-state index contributed by atoms with van der Waals surface area (Å²) in [6.45, 7) is 0. The normalized spacial score (nSPS) is 16.5. The first-order valence-electron chi connectivity index (χ1n) is 7.77. The molecule has 2 aromatic carbocycles. The Labute approximate surface area is 159 Å². The van der Waals surface area contributed by atoms with Gasteiger partial charge in [-0.25, -0.2) is 4.39 Å². The van der Waals surface area contributed by atoms with Gasteiger partial charge in [-0.15, -0.1) is 0 Å². The van der Waals surface area contributed by atoms with E-state index in [9.17, 15) is 26.0 Å². The number of nitrogens with one attached hydrogen (secondary N) is 1. The molecule has 1 N–H and O–H groups in total. The van der Waals surface area contributed by atoms with Crippen LogP contribution in [0.5, 0.6) is 0 Å². The average Bonchev–Trinajstić information content (AvgIpc) is 3.23. The molecule has 144 valence electrons. The molecule has 3 aromatic rings. The molecular weight excluding hydrogens is 411 g/mol. The lowest BCUT2D eigenvalue weighted by atomic mass is 10.2. The van der Waals surface area contributed by atoms with Crippen LogP contribution in [0.1, 0.15) is 10.6 Å². The summed E-state index contributed by atoms with van der Waals surface area (Å²) < 4.78 is 70.2. The third-order valence-corrected chi connectivity index (χ3v) is 8.42. The maximum absolute atomic E-state index is 14.5. The van der Waals surface area contributed by atoms with Gasteiger partial charge in [-0.3, -0.25) is 4.79 Å². The zero-order valence-corrected chi connectivity index (χ0v) is 15.5. The van der Waals surface area contributed by atoms with Gasteiger partial charge in [0.2, 0.25) is 0 Å². The molecule has 1 aromatic heterocycles. The molecule has 4 rings (SSSR count). The third kappa shape index (κ3) is 2.67. The zero-order valence-electron chi connectivity index (χ0n) is 13.9. The van der Waals surface area contributed by atoms with Gasteiger partial charge in [-0.05, 0) is 36.4 Å². The summed E-state index contributed by atoms with van der Waals surface area (Å²) >= 11 is 0. The Morgan fingerprint density at radius 2 is 1.57 bits per heavy atom. The van der Waals surface area contributed by atoms with Crippen LogP contribution in [0, 0.1) is 5.82 Å². The van der Waals surface area contributed by atoms with Gasteiger partial charge in [0.05, 0.1) is 17.6 Å². The number of carbonyl (C=O) groups excluding carboxylic acids is 1. The third-order valence-electron chi connectivity index (χ3n) is 4.00. The van der Waals surface area contributed by atoms with Crippen LogP contribution in [0.3, 0.4) is 0 Å². The minimum Gasteiger partial charge on any atom is -0.459 e.